The zero-order valence-corrected chi connectivity index (χ0v) is 13.7. The van der Waals surface area contributed by atoms with Crippen LogP contribution in [-0.2, 0) is 4.79 Å². The van der Waals surface area contributed by atoms with Gasteiger partial charge in [-0.25, -0.2) is 0 Å². The quantitative estimate of drug-likeness (QED) is 0.824. The van der Waals surface area contributed by atoms with Gasteiger partial charge >= 0.3 is 0 Å². The van der Waals surface area contributed by atoms with E-state index in [0.717, 1.165) is 17.6 Å². The lowest BCUT2D eigenvalue weighted by Gasteiger charge is -2.27. The maximum absolute atomic E-state index is 12.5. The Morgan fingerprint density at radius 1 is 1.13 bits per heavy atom. The normalized spacial score (nSPS) is 17.7. The maximum atomic E-state index is 12.5. The van der Waals surface area contributed by atoms with Crippen molar-refractivity contribution in [2.45, 2.75) is 33.6 Å². The fourth-order valence-corrected chi connectivity index (χ4v) is 3.07. The summed E-state index contributed by atoms with van der Waals surface area (Å²) in [7, 11) is 0. The minimum absolute atomic E-state index is 0.0311. The number of ketones is 1. The highest BCUT2D eigenvalue weighted by atomic mass is 16.3. The number of benzene rings is 1. The molecule has 0 saturated heterocycles. The number of fused-ring (bicyclic) bond motifs is 1. The third kappa shape index (κ3) is 3.34. The number of aryl methyl sites for hydroxylation is 1. The molecule has 3 rings (SSSR count). The summed E-state index contributed by atoms with van der Waals surface area (Å²) in [6.45, 7) is 6.11. The van der Waals surface area contributed by atoms with Crippen LogP contribution in [0.4, 0.5) is 0 Å². The molecule has 1 heterocycles. The van der Waals surface area contributed by atoms with Crippen LogP contribution < -0.4 is 5.43 Å². The second kappa shape index (κ2) is 5.65. The van der Waals surface area contributed by atoms with E-state index in [1.165, 1.54) is 6.26 Å². The summed E-state index contributed by atoms with van der Waals surface area (Å²) in [4.78, 5) is 24.3. The molecule has 0 radical (unpaired) electrons. The lowest BCUT2D eigenvalue weighted by atomic mass is 9.77. The highest BCUT2D eigenvalue weighted by molar-refractivity contribution is 5.92. The molecule has 1 aromatic heterocycles. The highest BCUT2D eigenvalue weighted by Crippen LogP contribution is 2.34. The Balaban J connectivity index is 1.97. The molecule has 0 N–H and O–H groups in total. The van der Waals surface area contributed by atoms with Crippen LogP contribution in [0.3, 0.4) is 0 Å². The Labute approximate surface area is 135 Å². The summed E-state index contributed by atoms with van der Waals surface area (Å²) >= 11 is 0. The minimum atomic E-state index is -0.0480. The van der Waals surface area contributed by atoms with E-state index in [0.29, 0.717) is 23.0 Å². The summed E-state index contributed by atoms with van der Waals surface area (Å²) < 4.78 is 5.54. The lowest BCUT2D eigenvalue weighted by molar-refractivity contribution is -0.116. The average molecular weight is 308 g/mol. The van der Waals surface area contributed by atoms with Crippen molar-refractivity contribution in [3.63, 3.8) is 0 Å². The molecule has 3 heteroatoms. The number of allylic oxidation sites excluding steroid dienone is 3. The fourth-order valence-electron chi connectivity index (χ4n) is 3.07. The van der Waals surface area contributed by atoms with Gasteiger partial charge in [0.05, 0.1) is 10.9 Å². The van der Waals surface area contributed by atoms with Crippen molar-refractivity contribution in [1.82, 2.24) is 0 Å². The first-order valence-corrected chi connectivity index (χ1v) is 7.78. The fraction of sp³-hybridized carbons (Fsp3) is 0.300. The van der Waals surface area contributed by atoms with Gasteiger partial charge in [0, 0.05) is 6.42 Å². The van der Waals surface area contributed by atoms with Crippen LogP contribution in [0.15, 0.2) is 51.4 Å². The second-order valence-electron chi connectivity index (χ2n) is 7.06. The number of rotatable bonds is 2. The Morgan fingerprint density at radius 3 is 2.65 bits per heavy atom. The first-order valence-electron chi connectivity index (χ1n) is 7.78. The van der Waals surface area contributed by atoms with Gasteiger partial charge < -0.3 is 4.42 Å². The summed E-state index contributed by atoms with van der Waals surface area (Å²) in [6, 6.07) is 5.57. The highest BCUT2D eigenvalue weighted by Gasteiger charge is 2.26. The van der Waals surface area contributed by atoms with Crippen molar-refractivity contribution in [2.24, 2.45) is 5.41 Å². The smallest absolute Gasteiger partial charge is 0.199 e. The molecule has 23 heavy (non-hydrogen) atoms. The number of hydrogen-bond acceptors (Lipinski definition) is 3. The van der Waals surface area contributed by atoms with Gasteiger partial charge in [0.15, 0.2) is 11.2 Å². The molecular weight excluding hydrogens is 288 g/mol. The van der Waals surface area contributed by atoms with Crippen LogP contribution in [-0.4, -0.2) is 5.78 Å². The Morgan fingerprint density at radius 2 is 1.91 bits per heavy atom. The third-order valence-electron chi connectivity index (χ3n) is 4.11. The Kier molecular flexibility index (Phi) is 3.80. The van der Waals surface area contributed by atoms with Gasteiger partial charge in [-0.15, -0.1) is 0 Å². The molecule has 1 aliphatic rings. The molecule has 3 nitrogen and oxygen atoms in total. The summed E-state index contributed by atoms with van der Waals surface area (Å²) in [5, 5.41) is 0.584. The van der Waals surface area contributed by atoms with Gasteiger partial charge in [-0.05, 0) is 48.6 Å². The van der Waals surface area contributed by atoms with E-state index >= 15 is 0 Å². The first-order chi connectivity index (χ1) is 10.8. The Hall–Kier alpha value is -2.42. The van der Waals surface area contributed by atoms with E-state index in [9.17, 15) is 9.59 Å². The number of hydrogen-bond donors (Lipinski definition) is 0. The van der Waals surface area contributed by atoms with Crippen LogP contribution in [0.1, 0.15) is 37.8 Å². The van der Waals surface area contributed by atoms with Gasteiger partial charge in [-0.1, -0.05) is 31.6 Å². The summed E-state index contributed by atoms with van der Waals surface area (Å²) in [5.41, 5.74) is 2.98. The predicted octanol–water partition coefficient (Wildman–Crippen LogP) is 4.43. The molecule has 0 atom stereocenters. The zero-order chi connectivity index (χ0) is 16.6. The summed E-state index contributed by atoms with van der Waals surface area (Å²) in [5.74, 6) is 0.141. The standard InChI is InChI=1S/C20H20O3/c1-13-4-7-18-17(8-13)19(22)15(12-23-18)6-5-14-9-16(21)11-20(2,3)10-14/h4-9,12H,10-11H2,1-3H3. The van der Waals surface area contributed by atoms with Crippen molar-refractivity contribution >= 4 is 22.8 Å². The molecule has 0 amide bonds. The van der Waals surface area contributed by atoms with Gasteiger partial charge in [-0.3, -0.25) is 9.59 Å². The van der Waals surface area contributed by atoms with Gasteiger partial charge in [0.1, 0.15) is 11.8 Å². The van der Waals surface area contributed by atoms with Crippen molar-refractivity contribution in [2.75, 3.05) is 0 Å². The topological polar surface area (TPSA) is 47.3 Å². The van der Waals surface area contributed by atoms with Gasteiger partial charge in [0.2, 0.25) is 0 Å². The molecular formula is C20H20O3. The predicted molar refractivity (Wildman–Crippen MR) is 92.4 cm³/mol. The second-order valence-corrected chi connectivity index (χ2v) is 7.06. The monoisotopic (exact) mass is 308 g/mol. The maximum Gasteiger partial charge on any atom is 0.199 e. The third-order valence-corrected chi connectivity index (χ3v) is 4.11. The van der Waals surface area contributed by atoms with Gasteiger partial charge in [-0.2, -0.15) is 0 Å². The van der Waals surface area contributed by atoms with E-state index in [1.54, 1.807) is 12.2 Å². The van der Waals surface area contributed by atoms with Crippen LogP contribution in [0.5, 0.6) is 0 Å². The molecule has 1 aromatic carbocycles. The molecule has 118 valence electrons. The summed E-state index contributed by atoms with van der Waals surface area (Å²) in [6.07, 6.45) is 8.15. The van der Waals surface area contributed by atoms with Crippen molar-refractivity contribution in [3.05, 3.63) is 63.5 Å². The van der Waals surface area contributed by atoms with E-state index in [1.807, 2.05) is 31.2 Å². The SMILES string of the molecule is Cc1ccc2occ(C=CC3=CC(=O)CC(C)(C)C3)c(=O)c2c1. The first kappa shape index (κ1) is 15.5. The molecule has 0 spiro atoms. The lowest BCUT2D eigenvalue weighted by Crippen LogP contribution is -2.21. The van der Waals surface area contributed by atoms with Gasteiger partial charge in [0.25, 0.3) is 0 Å². The van der Waals surface area contributed by atoms with E-state index < -0.39 is 0 Å². The molecule has 0 aliphatic heterocycles. The van der Waals surface area contributed by atoms with Crippen molar-refractivity contribution in [3.8, 4) is 0 Å². The van der Waals surface area contributed by atoms with Crippen LogP contribution in [0.2, 0.25) is 0 Å². The molecule has 0 fully saturated rings. The molecule has 0 unspecified atom stereocenters. The number of carbonyl (C=O) groups excluding carboxylic acids is 1. The van der Waals surface area contributed by atoms with Crippen LogP contribution in [0.25, 0.3) is 17.0 Å². The zero-order valence-electron chi connectivity index (χ0n) is 13.7. The van der Waals surface area contributed by atoms with E-state index in [4.69, 9.17) is 4.42 Å². The molecule has 0 saturated carbocycles. The van der Waals surface area contributed by atoms with E-state index in [-0.39, 0.29) is 16.6 Å². The van der Waals surface area contributed by atoms with Crippen LogP contribution in [0, 0.1) is 12.3 Å². The number of carbonyl (C=O) groups is 1. The molecule has 2 aromatic rings. The van der Waals surface area contributed by atoms with Crippen molar-refractivity contribution in [1.29, 1.82) is 0 Å². The van der Waals surface area contributed by atoms with E-state index in [2.05, 4.69) is 13.8 Å². The average Bonchev–Trinajstić information content (AvgIpc) is 2.45. The largest absolute Gasteiger partial charge is 0.463 e. The van der Waals surface area contributed by atoms with Crippen LogP contribution >= 0.6 is 0 Å². The Bertz CT molecular complexity index is 895. The molecule has 0 bridgehead atoms. The molecule has 1 aliphatic carbocycles. The minimum Gasteiger partial charge on any atom is -0.463 e. The van der Waals surface area contributed by atoms with Crippen molar-refractivity contribution < 1.29 is 9.21 Å².